The molecule has 0 atom stereocenters. The van der Waals surface area contributed by atoms with Crippen molar-refractivity contribution in [3.05, 3.63) is 59.2 Å². The minimum absolute atomic E-state index is 0.0383. The number of phenols is 1. The van der Waals surface area contributed by atoms with Crippen LogP contribution in [0.1, 0.15) is 11.1 Å². The highest BCUT2D eigenvalue weighted by Gasteiger charge is 2.09. The number of hydrogen-bond acceptors (Lipinski definition) is 2. The van der Waals surface area contributed by atoms with Crippen LogP contribution in [0.3, 0.4) is 0 Å². The van der Waals surface area contributed by atoms with Gasteiger partial charge in [0.15, 0.2) is 11.6 Å². The molecule has 0 unspecified atom stereocenters. The summed E-state index contributed by atoms with van der Waals surface area (Å²) in [6.45, 7) is 1.81. The zero-order chi connectivity index (χ0) is 14.7. The second kappa shape index (κ2) is 5.69. The van der Waals surface area contributed by atoms with Crippen LogP contribution >= 0.6 is 0 Å². The molecule has 5 heteroatoms. The first-order valence-corrected chi connectivity index (χ1v) is 5.99. The molecule has 0 heterocycles. The first-order chi connectivity index (χ1) is 9.45. The lowest BCUT2D eigenvalue weighted by Crippen LogP contribution is -2.14. The Bertz CT molecular complexity index is 656. The van der Waals surface area contributed by atoms with Gasteiger partial charge < -0.3 is 10.4 Å². The lowest BCUT2D eigenvalue weighted by atomic mass is 10.1. The number of hydrogen-bond donors (Lipinski definition) is 2. The minimum atomic E-state index is -0.992. The summed E-state index contributed by atoms with van der Waals surface area (Å²) in [7, 11) is 0. The Hall–Kier alpha value is -2.43. The third-order valence-corrected chi connectivity index (χ3v) is 2.78. The van der Waals surface area contributed by atoms with E-state index in [0.717, 1.165) is 17.7 Å². The molecule has 0 aromatic heterocycles. The van der Waals surface area contributed by atoms with E-state index in [1.807, 2.05) is 6.92 Å². The maximum absolute atomic E-state index is 13.0. The van der Waals surface area contributed by atoms with Crippen LogP contribution in [0.25, 0.3) is 0 Å². The molecule has 2 aromatic rings. The monoisotopic (exact) mass is 277 g/mol. The van der Waals surface area contributed by atoms with Crippen molar-refractivity contribution >= 4 is 11.6 Å². The van der Waals surface area contributed by atoms with Gasteiger partial charge in [0.05, 0.1) is 12.1 Å². The van der Waals surface area contributed by atoms with E-state index in [9.17, 15) is 18.7 Å². The summed E-state index contributed by atoms with van der Waals surface area (Å²) in [4.78, 5) is 11.8. The van der Waals surface area contributed by atoms with Gasteiger partial charge in [-0.2, -0.15) is 0 Å². The number of amides is 1. The molecule has 20 heavy (non-hydrogen) atoms. The van der Waals surface area contributed by atoms with Crippen LogP contribution in [0.2, 0.25) is 0 Å². The first kappa shape index (κ1) is 14.0. The zero-order valence-electron chi connectivity index (χ0n) is 10.8. The van der Waals surface area contributed by atoms with Gasteiger partial charge in [0, 0.05) is 0 Å². The molecular formula is C15H13F2NO2. The van der Waals surface area contributed by atoms with E-state index in [1.54, 1.807) is 12.1 Å². The van der Waals surface area contributed by atoms with E-state index >= 15 is 0 Å². The highest BCUT2D eigenvalue weighted by atomic mass is 19.2. The van der Waals surface area contributed by atoms with E-state index < -0.39 is 17.5 Å². The topological polar surface area (TPSA) is 49.3 Å². The Balaban J connectivity index is 2.07. The molecule has 2 aromatic carbocycles. The van der Waals surface area contributed by atoms with Gasteiger partial charge in [0.25, 0.3) is 0 Å². The average Bonchev–Trinajstić information content (AvgIpc) is 2.37. The van der Waals surface area contributed by atoms with Gasteiger partial charge in [-0.25, -0.2) is 8.78 Å². The van der Waals surface area contributed by atoms with Gasteiger partial charge in [-0.3, -0.25) is 4.79 Å². The SMILES string of the molecule is Cc1ccc(NC(=O)Cc2ccc(F)c(F)c2)c(O)c1. The fourth-order valence-electron chi connectivity index (χ4n) is 1.78. The molecule has 104 valence electrons. The molecule has 0 bridgehead atoms. The summed E-state index contributed by atoms with van der Waals surface area (Å²) in [5.74, 6) is -2.40. The van der Waals surface area contributed by atoms with Crippen molar-refractivity contribution in [3.8, 4) is 5.75 Å². The van der Waals surface area contributed by atoms with Crippen LogP contribution in [0, 0.1) is 18.6 Å². The van der Waals surface area contributed by atoms with E-state index in [0.29, 0.717) is 5.56 Å². The molecule has 0 saturated heterocycles. The largest absolute Gasteiger partial charge is 0.506 e. The van der Waals surface area contributed by atoms with E-state index in [2.05, 4.69) is 5.32 Å². The van der Waals surface area contributed by atoms with Gasteiger partial charge in [-0.15, -0.1) is 0 Å². The fourth-order valence-corrected chi connectivity index (χ4v) is 1.78. The number of benzene rings is 2. The highest BCUT2D eigenvalue weighted by molar-refractivity contribution is 5.93. The van der Waals surface area contributed by atoms with E-state index in [4.69, 9.17) is 0 Å². The summed E-state index contributed by atoms with van der Waals surface area (Å²) < 4.78 is 25.8. The summed E-state index contributed by atoms with van der Waals surface area (Å²) in [5.41, 5.74) is 1.50. The number of aromatic hydroxyl groups is 1. The maximum Gasteiger partial charge on any atom is 0.228 e. The summed E-state index contributed by atoms with van der Waals surface area (Å²) in [6, 6.07) is 8.13. The van der Waals surface area contributed by atoms with Gasteiger partial charge in [0.1, 0.15) is 5.75 Å². The van der Waals surface area contributed by atoms with Crippen molar-refractivity contribution in [2.75, 3.05) is 5.32 Å². The number of rotatable bonds is 3. The van der Waals surface area contributed by atoms with E-state index in [-0.39, 0.29) is 17.9 Å². The molecule has 3 nitrogen and oxygen atoms in total. The molecule has 0 aliphatic rings. The molecule has 0 aliphatic carbocycles. The Kier molecular flexibility index (Phi) is 3.98. The third-order valence-electron chi connectivity index (χ3n) is 2.78. The standard InChI is InChI=1S/C15H13F2NO2/c1-9-2-5-13(14(19)6-9)18-15(20)8-10-3-4-11(16)12(17)7-10/h2-7,19H,8H2,1H3,(H,18,20). The number of aryl methyl sites for hydroxylation is 1. The zero-order valence-corrected chi connectivity index (χ0v) is 10.8. The molecule has 1 amide bonds. The minimum Gasteiger partial charge on any atom is -0.506 e. The number of nitrogens with one attached hydrogen (secondary N) is 1. The summed E-state index contributed by atoms with van der Waals surface area (Å²) >= 11 is 0. The quantitative estimate of drug-likeness (QED) is 0.847. The van der Waals surface area contributed by atoms with Crippen molar-refractivity contribution < 1.29 is 18.7 Å². The van der Waals surface area contributed by atoms with Crippen molar-refractivity contribution in [1.82, 2.24) is 0 Å². The molecule has 0 spiro atoms. The van der Waals surface area contributed by atoms with E-state index in [1.165, 1.54) is 12.1 Å². The Morgan fingerprint density at radius 3 is 2.55 bits per heavy atom. The maximum atomic E-state index is 13.0. The number of carbonyl (C=O) groups is 1. The highest BCUT2D eigenvalue weighted by Crippen LogP contribution is 2.24. The molecular weight excluding hydrogens is 264 g/mol. The van der Waals surface area contributed by atoms with Crippen molar-refractivity contribution in [1.29, 1.82) is 0 Å². The molecule has 0 radical (unpaired) electrons. The van der Waals surface area contributed by atoms with Crippen LogP contribution in [0.15, 0.2) is 36.4 Å². The van der Waals surface area contributed by atoms with Gasteiger partial charge >= 0.3 is 0 Å². The summed E-state index contributed by atoms with van der Waals surface area (Å²) in [5, 5.41) is 12.2. The second-order valence-electron chi connectivity index (χ2n) is 4.49. The average molecular weight is 277 g/mol. The Morgan fingerprint density at radius 1 is 1.15 bits per heavy atom. The number of halogens is 2. The van der Waals surface area contributed by atoms with Gasteiger partial charge in [0.2, 0.25) is 5.91 Å². The molecule has 2 N–H and O–H groups in total. The van der Waals surface area contributed by atoms with Crippen LogP contribution in [0.5, 0.6) is 5.75 Å². The lowest BCUT2D eigenvalue weighted by molar-refractivity contribution is -0.115. The third kappa shape index (κ3) is 3.32. The normalized spacial score (nSPS) is 10.3. The van der Waals surface area contributed by atoms with Crippen LogP contribution in [-0.4, -0.2) is 11.0 Å². The van der Waals surface area contributed by atoms with Crippen molar-refractivity contribution in [3.63, 3.8) is 0 Å². The van der Waals surface area contributed by atoms with Crippen LogP contribution < -0.4 is 5.32 Å². The number of anilines is 1. The van der Waals surface area contributed by atoms with Crippen molar-refractivity contribution in [2.45, 2.75) is 13.3 Å². The van der Waals surface area contributed by atoms with Gasteiger partial charge in [-0.05, 0) is 42.3 Å². The lowest BCUT2D eigenvalue weighted by Gasteiger charge is -2.08. The molecule has 2 rings (SSSR count). The first-order valence-electron chi connectivity index (χ1n) is 5.99. The Morgan fingerprint density at radius 2 is 1.90 bits per heavy atom. The second-order valence-corrected chi connectivity index (χ2v) is 4.49. The van der Waals surface area contributed by atoms with Crippen LogP contribution in [-0.2, 0) is 11.2 Å². The van der Waals surface area contributed by atoms with Gasteiger partial charge in [-0.1, -0.05) is 12.1 Å². The molecule has 0 saturated carbocycles. The van der Waals surface area contributed by atoms with Crippen molar-refractivity contribution in [2.24, 2.45) is 0 Å². The predicted molar refractivity (Wildman–Crippen MR) is 71.5 cm³/mol. The summed E-state index contributed by atoms with van der Waals surface area (Å²) in [6.07, 6.45) is -0.107. The number of phenolic OH excluding ortho intramolecular Hbond substituents is 1. The predicted octanol–water partition coefficient (Wildman–Crippen LogP) is 3.16. The smallest absolute Gasteiger partial charge is 0.228 e. The number of carbonyl (C=O) groups excluding carboxylic acids is 1. The fraction of sp³-hybridized carbons (Fsp3) is 0.133. The Labute approximate surface area is 114 Å². The molecule has 0 fully saturated rings. The molecule has 0 aliphatic heterocycles. The van der Waals surface area contributed by atoms with Crippen LogP contribution in [0.4, 0.5) is 14.5 Å².